The Morgan fingerprint density at radius 2 is 2.19 bits per heavy atom. The van der Waals surface area contributed by atoms with Crippen molar-refractivity contribution in [1.82, 2.24) is 14.8 Å². The molecule has 7 heteroatoms. The van der Waals surface area contributed by atoms with Gasteiger partial charge in [0.1, 0.15) is 6.33 Å². The molecular weight excluding hydrogens is 272 g/mol. The van der Waals surface area contributed by atoms with E-state index in [0.29, 0.717) is 11.4 Å². The summed E-state index contributed by atoms with van der Waals surface area (Å²) >= 11 is 0. The first kappa shape index (κ1) is 15.0. The number of aromatic amines is 1. The lowest BCUT2D eigenvalue weighted by atomic mass is 10.0. The van der Waals surface area contributed by atoms with Gasteiger partial charge >= 0.3 is 5.69 Å². The van der Waals surface area contributed by atoms with Gasteiger partial charge in [-0.15, -0.1) is 0 Å². The molecule has 3 N–H and O–H groups in total. The molecule has 0 aliphatic heterocycles. The number of carbonyl (C=O) groups is 1. The average molecular weight is 290 g/mol. The highest BCUT2D eigenvalue weighted by Crippen LogP contribution is 2.22. The Balaban J connectivity index is 2.29. The summed E-state index contributed by atoms with van der Waals surface area (Å²) in [7, 11) is 0. The SMILES string of the molecule is Cc1c(NC(=O)CC(C)(C)O)cccc1-n1cn[nH]c1=O. The maximum absolute atomic E-state index is 11.9. The van der Waals surface area contributed by atoms with Crippen LogP contribution in [0.15, 0.2) is 29.3 Å². The van der Waals surface area contributed by atoms with Crippen LogP contribution in [0.5, 0.6) is 0 Å². The summed E-state index contributed by atoms with van der Waals surface area (Å²) in [6, 6.07) is 5.24. The molecule has 1 aromatic heterocycles. The van der Waals surface area contributed by atoms with Crippen molar-refractivity contribution in [3.05, 3.63) is 40.6 Å². The van der Waals surface area contributed by atoms with Gasteiger partial charge in [0.2, 0.25) is 5.91 Å². The molecule has 0 bridgehead atoms. The van der Waals surface area contributed by atoms with Crippen LogP contribution in [-0.2, 0) is 4.79 Å². The Bertz CT molecular complexity index is 709. The molecule has 0 aliphatic carbocycles. The van der Waals surface area contributed by atoms with Gasteiger partial charge in [0.15, 0.2) is 0 Å². The molecule has 1 aromatic carbocycles. The van der Waals surface area contributed by atoms with Crippen molar-refractivity contribution < 1.29 is 9.90 Å². The molecular formula is C14H18N4O3. The van der Waals surface area contributed by atoms with Gasteiger partial charge in [-0.05, 0) is 38.5 Å². The van der Waals surface area contributed by atoms with E-state index in [0.717, 1.165) is 5.56 Å². The van der Waals surface area contributed by atoms with E-state index in [4.69, 9.17) is 0 Å². The first-order valence-corrected chi connectivity index (χ1v) is 6.52. The van der Waals surface area contributed by atoms with Gasteiger partial charge in [0, 0.05) is 5.69 Å². The van der Waals surface area contributed by atoms with Crippen LogP contribution >= 0.6 is 0 Å². The van der Waals surface area contributed by atoms with E-state index in [1.165, 1.54) is 10.9 Å². The van der Waals surface area contributed by atoms with Gasteiger partial charge in [0.25, 0.3) is 0 Å². The van der Waals surface area contributed by atoms with Gasteiger partial charge < -0.3 is 10.4 Å². The number of rotatable bonds is 4. The minimum atomic E-state index is -1.07. The monoisotopic (exact) mass is 290 g/mol. The smallest absolute Gasteiger partial charge is 0.347 e. The summed E-state index contributed by atoms with van der Waals surface area (Å²) in [5.74, 6) is -0.290. The van der Waals surface area contributed by atoms with E-state index < -0.39 is 5.60 Å². The summed E-state index contributed by atoms with van der Waals surface area (Å²) in [5, 5.41) is 18.4. The average Bonchev–Trinajstić information content (AvgIpc) is 2.76. The number of aliphatic hydroxyl groups is 1. The van der Waals surface area contributed by atoms with E-state index in [9.17, 15) is 14.7 Å². The largest absolute Gasteiger partial charge is 0.390 e. The Hall–Kier alpha value is -2.41. The Labute approximate surface area is 121 Å². The summed E-state index contributed by atoms with van der Waals surface area (Å²) in [4.78, 5) is 23.5. The van der Waals surface area contributed by atoms with E-state index in [2.05, 4.69) is 15.5 Å². The maximum atomic E-state index is 11.9. The van der Waals surface area contributed by atoms with E-state index in [-0.39, 0.29) is 18.0 Å². The lowest BCUT2D eigenvalue weighted by Crippen LogP contribution is -2.27. The predicted octanol–water partition coefficient (Wildman–Crippen LogP) is 0.969. The molecule has 0 saturated heterocycles. The predicted molar refractivity (Wildman–Crippen MR) is 78.5 cm³/mol. The van der Waals surface area contributed by atoms with Crippen molar-refractivity contribution >= 4 is 11.6 Å². The van der Waals surface area contributed by atoms with Crippen molar-refractivity contribution in [2.45, 2.75) is 32.8 Å². The molecule has 0 unspecified atom stereocenters. The van der Waals surface area contributed by atoms with Crippen molar-refractivity contribution in [1.29, 1.82) is 0 Å². The molecule has 1 amide bonds. The fourth-order valence-electron chi connectivity index (χ4n) is 2.03. The number of carbonyl (C=O) groups excluding carboxylic acids is 1. The highest BCUT2D eigenvalue weighted by atomic mass is 16.3. The molecule has 0 spiro atoms. The molecule has 0 saturated carbocycles. The summed E-state index contributed by atoms with van der Waals surface area (Å²) in [6.07, 6.45) is 1.37. The maximum Gasteiger partial charge on any atom is 0.347 e. The molecule has 0 atom stereocenters. The van der Waals surface area contributed by atoms with Crippen LogP contribution in [0.3, 0.4) is 0 Å². The van der Waals surface area contributed by atoms with Crippen LogP contribution in [0, 0.1) is 6.92 Å². The van der Waals surface area contributed by atoms with Crippen molar-refractivity contribution in [3.8, 4) is 5.69 Å². The van der Waals surface area contributed by atoms with Gasteiger partial charge in [-0.25, -0.2) is 14.5 Å². The number of anilines is 1. The van der Waals surface area contributed by atoms with Crippen molar-refractivity contribution in [2.75, 3.05) is 5.32 Å². The number of aromatic nitrogens is 3. The molecule has 112 valence electrons. The summed E-state index contributed by atoms with van der Waals surface area (Å²) in [6.45, 7) is 4.94. The van der Waals surface area contributed by atoms with Crippen molar-refractivity contribution in [3.63, 3.8) is 0 Å². The first-order valence-electron chi connectivity index (χ1n) is 6.52. The zero-order chi connectivity index (χ0) is 15.6. The first-order chi connectivity index (χ1) is 9.78. The Kier molecular flexibility index (Phi) is 3.95. The standard InChI is InChI=1S/C14H18N4O3/c1-9-10(16-12(19)7-14(2,3)21)5-4-6-11(9)18-8-15-17-13(18)20/h4-6,8,21H,7H2,1-3H3,(H,16,19)(H,17,20). The summed E-state index contributed by atoms with van der Waals surface area (Å²) < 4.78 is 1.36. The second kappa shape index (κ2) is 5.53. The molecule has 21 heavy (non-hydrogen) atoms. The summed E-state index contributed by atoms with van der Waals surface area (Å²) in [5.41, 5.74) is 0.546. The van der Waals surface area contributed by atoms with E-state index >= 15 is 0 Å². The lowest BCUT2D eigenvalue weighted by Gasteiger charge is -2.17. The van der Waals surface area contributed by atoms with Crippen LogP contribution in [0.25, 0.3) is 5.69 Å². The minimum absolute atomic E-state index is 0.0116. The third-order valence-corrected chi connectivity index (χ3v) is 2.98. The number of hydrogen-bond donors (Lipinski definition) is 3. The third kappa shape index (κ3) is 3.57. The van der Waals surface area contributed by atoms with E-state index in [1.54, 1.807) is 39.0 Å². The molecule has 0 fully saturated rings. The van der Waals surface area contributed by atoms with Gasteiger partial charge in [-0.1, -0.05) is 6.07 Å². The molecule has 7 nitrogen and oxygen atoms in total. The highest BCUT2D eigenvalue weighted by molar-refractivity contribution is 5.92. The van der Waals surface area contributed by atoms with Crippen LogP contribution in [0.4, 0.5) is 5.69 Å². The number of H-pyrrole nitrogens is 1. The second-order valence-corrected chi connectivity index (χ2v) is 5.52. The number of amides is 1. The topological polar surface area (TPSA) is 100 Å². The van der Waals surface area contributed by atoms with Crippen LogP contribution in [0.1, 0.15) is 25.8 Å². The second-order valence-electron chi connectivity index (χ2n) is 5.52. The zero-order valence-corrected chi connectivity index (χ0v) is 12.2. The fraction of sp³-hybridized carbons (Fsp3) is 0.357. The molecule has 2 rings (SSSR count). The minimum Gasteiger partial charge on any atom is -0.390 e. The number of nitrogens with zero attached hydrogens (tertiary/aromatic N) is 2. The van der Waals surface area contributed by atoms with Gasteiger partial charge in [0.05, 0.1) is 17.7 Å². The van der Waals surface area contributed by atoms with E-state index in [1.807, 2.05) is 0 Å². The lowest BCUT2D eigenvalue weighted by molar-refractivity contribution is -0.119. The quantitative estimate of drug-likeness (QED) is 0.781. The third-order valence-electron chi connectivity index (χ3n) is 2.98. The Morgan fingerprint density at radius 1 is 1.48 bits per heavy atom. The Morgan fingerprint density at radius 3 is 2.76 bits per heavy atom. The van der Waals surface area contributed by atoms with Gasteiger partial charge in [-0.3, -0.25) is 4.79 Å². The number of benzene rings is 1. The normalized spacial score (nSPS) is 11.4. The highest BCUT2D eigenvalue weighted by Gasteiger charge is 2.19. The van der Waals surface area contributed by atoms with Crippen molar-refractivity contribution in [2.24, 2.45) is 0 Å². The fourth-order valence-corrected chi connectivity index (χ4v) is 2.03. The van der Waals surface area contributed by atoms with Gasteiger partial charge in [-0.2, -0.15) is 5.10 Å². The molecule has 0 radical (unpaired) electrons. The molecule has 0 aliphatic rings. The number of hydrogen-bond acceptors (Lipinski definition) is 4. The van der Waals surface area contributed by atoms with Crippen LogP contribution in [0.2, 0.25) is 0 Å². The molecule has 1 heterocycles. The zero-order valence-electron chi connectivity index (χ0n) is 12.2. The number of nitrogens with one attached hydrogen (secondary N) is 2. The van der Waals surface area contributed by atoms with Crippen LogP contribution in [-0.4, -0.2) is 31.4 Å². The van der Waals surface area contributed by atoms with Crippen LogP contribution < -0.4 is 11.0 Å². The molecule has 2 aromatic rings.